The van der Waals surface area contributed by atoms with E-state index in [-0.39, 0.29) is 5.91 Å². The van der Waals surface area contributed by atoms with Crippen molar-refractivity contribution < 1.29 is 4.79 Å². The average molecular weight is 276 g/mol. The van der Waals surface area contributed by atoms with Crippen LogP contribution in [0.5, 0.6) is 0 Å². The first-order valence-electron chi connectivity index (χ1n) is 7.28. The lowest BCUT2D eigenvalue weighted by atomic mass is 10.1. The summed E-state index contributed by atoms with van der Waals surface area (Å²) < 4.78 is 0. The lowest BCUT2D eigenvalue weighted by molar-refractivity contribution is 0.0951. The van der Waals surface area contributed by atoms with Crippen LogP contribution < -0.4 is 16.6 Å². The molecule has 4 N–H and O–H groups in total. The predicted molar refractivity (Wildman–Crippen MR) is 81.6 cm³/mol. The molecule has 0 aromatic heterocycles. The summed E-state index contributed by atoms with van der Waals surface area (Å²) in [6.45, 7) is 6.14. The molecule has 0 bridgehead atoms. The molecule has 1 aliphatic heterocycles. The maximum Gasteiger partial charge on any atom is 0.251 e. The summed E-state index contributed by atoms with van der Waals surface area (Å²) in [5.74, 6) is 5.34. The van der Waals surface area contributed by atoms with Crippen molar-refractivity contribution in [1.82, 2.24) is 10.2 Å². The Kier molecular flexibility index (Phi) is 5.38. The summed E-state index contributed by atoms with van der Waals surface area (Å²) in [4.78, 5) is 14.5. The molecule has 1 aliphatic rings. The third-order valence-corrected chi connectivity index (χ3v) is 3.77. The topological polar surface area (TPSA) is 70.4 Å². The molecule has 1 heterocycles. The Morgan fingerprint density at radius 2 is 2.10 bits per heavy atom. The zero-order valence-corrected chi connectivity index (χ0v) is 12.1. The minimum absolute atomic E-state index is 0.00695. The van der Waals surface area contributed by atoms with Crippen LogP contribution in [0.25, 0.3) is 0 Å². The highest BCUT2D eigenvalue weighted by molar-refractivity contribution is 5.96. The van der Waals surface area contributed by atoms with Gasteiger partial charge in [-0.3, -0.25) is 10.6 Å². The molecule has 1 aromatic carbocycles. The van der Waals surface area contributed by atoms with Gasteiger partial charge in [-0.15, -0.1) is 0 Å². The number of nitrogens with one attached hydrogen (secondary N) is 2. The van der Waals surface area contributed by atoms with Crippen molar-refractivity contribution in [3.05, 3.63) is 29.3 Å². The highest BCUT2D eigenvalue weighted by atomic mass is 16.1. The summed E-state index contributed by atoms with van der Waals surface area (Å²) in [5, 5.41) is 2.98. The van der Waals surface area contributed by atoms with Gasteiger partial charge in [0.1, 0.15) is 0 Å². The molecule has 110 valence electrons. The standard InChI is InChI=1S/C15H24N4O/c1-12-11-13(18-16)5-6-14(12)15(20)17-7-4-10-19-8-2-3-9-19/h5-6,11,18H,2-4,7-10,16H2,1H3,(H,17,20). The highest BCUT2D eigenvalue weighted by Gasteiger charge is 2.11. The molecule has 0 atom stereocenters. The number of rotatable bonds is 6. The van der Waals surface area contributed by atoms with Gasteiger partial charge in [-0.25, -0.2) is 0 Å². The summed E-state index contributed by atoms with van der Waals surface area (Å²) in [7, 11) is 0. The molecule has 0 radical (unpaired) electrons. The van der Waals surface area contributed by atoms with Crippen LogP contribution in [-0.2, 0) is 0 Å². The second-order valence-corrected chi connectivity index (χ2v) is 5.33. The lowest BCUT2D eigenvalue weighted by Crippen LogP contribution is -2.29. The van der Waals surface area contributed by atoms with Gasteiger partial charge < -0.3 is 15.6 Å². The monoisotopic (exact) mass is 276 g/mol. The lowest BCUT2D eigenvalue weighted by Gasteiger charge is -2.14. The number of benzene rings is 1. The highest BCUT2D eigenvalue weighted by Crippen LogP contribution is 2.14. The summed E-state index contributed by atoms with van der Waals surface area (Å²) in [5.41, 5.74) is 5.03. The van der Waals surface area contributed by atoms with E-state index in [1.165, 1.54) is 25.9 Å². The Morgan fingerprint density at radius 3 is 2.75 bits per heavy atom. The molecular weight excluding hydrogens is 252 g/mol. The van der Waals surface area contributed by atoms with E-state index < -0.39 is 0 Å². The zero-order valence-electron chi connectivity index (χ0n) is 12.1. The van der Waals surface area contributed by atoms with Crippen molar-refractivity contribution in [1.29, 1.82) is 0 Å². The van der Waals surface area contributed by atoms with Crippen LogP contribution in [0, 0.1) is 6.92 Å². The number of carbonyl (C=O) groups is 1. The largest absolute Gasteiger partial charge is 0.352 e. The van der Waals surface area contributed by atoms with Crippen molar-refractivity contribution in [2.24, 2.45) is 5.84 Å². The van der Waals surface area contributed by atoms with Crippen LogP contribution in [0.4, 0.5) is 5.69 Å². The fraction of sp³-hybridized carbons (Fsp3) is 0.533. The quantitative estimate of drug-likeness (QED) is 0.418. The van der Waals surface area contributed by atoms with Gasteiger partial charge in [-0.2, -0.15) is 0 Å². The number of amides is 1. The van der Waals surface area contributed by atoms with E-state index in [0.29, 0.717) is 5.56 Å². The minimum Gasteiger partial charge on any atom is -0.352 e. The van der Waals surface area contributed by atoms with Crippen LogP contribution in [0.2, 0.25) is 0 Å². The fourth-order valence-corrected chi connectivity index (χ4v) is 2.61. The van der Waals surface area contributed by atoms with E-state index in [4.69, 9.17) is 5.84 Å². The predicted octanol–water partition coefficient (Wildman–Crippen LogP) is 1.50. The number of anilines is 1. The van der Waals surface area contributed by atoms with E-state index >= 15 is 0 Å². The average Bonchev–Trinajstić information content (AvgIpc) is 2.96. The number of likely N-dealkylation sites (tertiary alicyclic amines) is 1. The maximum absolute atomic E-state index is 12.1. The van der Waals surface area contributed by atoms with Gasteiger partial charge >= 0.3 is 0 Å². The third-order valence-electron chi connectivity index (χ3n) is 3.77. The molecule has 2 rings (SSSR count). The Bertz CT molecular complexity index is 455. The van der Waals surface area contributed by atoms with Crippen LogP contribution in [0.1, 0.15) is 35.2 Å². The van der Waals surface area contributed by atoms with Gasteiger partial charge in [-0.1, -0.05) is 0 Å². The number of hydrogen-bond acceptors (Lipinski definition) is 4. The fourth-order valence-electron chi connectivity index (χ4n) is 2.61. The minimum atomic E-state index is -0.00695. The Balaban J connectivity index is 1.76. The van der Waals surface area contributed by atoms with Gasteiger partial charge in [0.05, 0.1) is 0 Å². The van der Waals surface area contributed by atoms with Crippen molar-refractivity contribution >= 4 is 11.6 Å². The maximum atomic E-state index is 12.1. The zero-order chi connectivity index (χ0) is 14.4. The molecule has 5 heteroatoms. The smallest absolute Gasteiger partial charge is 0.251 e. The molecule has 0 spiro atoms. The first kappa shape index (κ1) is 14.8. The Morgan fingerprint density at radius 1 is 1.35 bits per heavy atom. The van der Waals surface area contributed by atoms with Crippen LogP contribution >= 0.6 is 0 Å². The number of nitrogens with zero attached hydrogens (tertiary/aromatic N) is 1. The summed E-state index contributed by atoms with van der Waals surface area (Å²) >= 11 is 0. The number of hydrazine groups is 1. The second kappa shape index (κ2) is 7.26. The van der Waals surface area contributed by atoms with Gasteiger partial charge in [0.2, 0.25) is 0 Å². The molecule has 1 saturated heterocycles. The normalized spacial score (nSPS) is 15.3. The number of aryl methyl sites for hydroxylation is 1. The van der Waals surface area contributed by atoms with E-state index in [1.807, 2.05) is 19.1 Å². The molecule has 0 aliphatic carbocycles. The molecule has 1 fully saturated rings. The van der Waals surface area contributed by atoms with Crippen LogP contribution in [0.15, 0.2) is 18.2 Å². The van der Waals surface area contributed by atoms with E-state index in [0.717, 1.165) is 30.8 Å². The molecule has 20 heavy (non-hydrogen) atoms. The van der Waals surface area contributed by atoms with Gasteiger partial charge in [0.15, 0.2) is 0 Å². The SMILES string of the molecule is Cc1cc(NN)ccc1C(=O)NCCCN1CCCC1. The Labute approximate surface area is 120 Å². The van der Waals surface area contributed by atoms with Gasteiger partial charge in [-0.05, 0) is 69.6 Å². The van der Waals surface area contributed by atoms with Crippen LogP contribution in [0.3, 0.4) is 0 Å². The van der Waals surface area contributed by atoms with Gasteiger partial charge in [0.25, 0.3) is 5.91 Å². The number of carbonyl (C=O) groups excluding carboxylic acids is 1. The molecule has 1 amide bonds. The van der Waals surface area contributed by atoms with Gasteiger partial charge in [0, 0.05) is 17.8 Å². The Hall–Kier alpha value is -1.59. The number of nitrogens with two attached hydrogens (primary N) is 1. The van der Waals surface area contributed by atoms with Crippen LogP contribution in [-0.4, -0.2) is 37.0 Å². The first-order valence-corrected chi connectivity index (χ1v) is 7.28. The van der Waals surface area contributed by atoms with Crippen molar-refractivity contribution in [3.8, 4) is 0 Å². The summed E-state index contributed by atoms with van der Waals surface area (Å²) in [6, 6.07) is 5.49. The number of nitrogen functional groups attached to an aromatic ring is 1. The third kappa shape index (κ3) is 3.95. The first-order chi connectivity index (χ1) is 9.70. The molecule has 0 saturated carbocycles. The van der Waals surface area contributed by atoms with E-state index in [1.54, 1.807) is 6.07 Å². The van der Waals surface area contributed by atoms with Crippen molar-refractivity contribution in [2.75, 3.05) is 31.6 Å². The molecule has 0 unspecified atom stereocenters. The van der Waals surface area contributed by atoms with Crippen molar-refractivity contribution in [3.63, 3.8) is 0 Å². The van der Waals surface area contributed by atoms with E-state index in [2.05, 4.69) is 15.6 Å². The molecular formula is C15H24N4O. The second-order valence-electron chi connectivity index (χ2n) is 5.33. The molecule has 5 nitrogen and oxygen atoms in total. The van der Waals surface area contributed by atoms with Crippen molar-refractivity contribution in [2.45, 2.75) is 26.2 Å². The number of hydrogen-bond donors (Lipinski definition) is 3. The summed E-state index contributed by atoms with van der Waals surface area (Å²) in [6.07, 6.45) is 3.63. The molecule has 1 aromatic rings. The van der Waals surface area contributed by atoms with E-state index in [9.17, 15) is 4.79 Å².